The smallest absolute Gasteiger partial charge is 0.269 e. The molecule has 2 aromatic carbocycles. The van der Waals surface area contributed by atoms with Gasteiger partial charge < -0.3 is 9.47 Å². The van der Waals surface area contributed by atoms with Crippen molar-refractivity contribution in [1.82, 2.24) is 10.2 Å². The van der Waals surface area contributed by atoms with E-state index in [1.54, 1.807) is 30.3 Å². The van der Waals surface area contributed by atoms with Gasteiger partial charge in [0.25, 0.3) is 15.9 Å². The second-order valence-electron chi connectivity index (χ2n) is 6.86. The lowest BCUT2D eigenvalue weighted by molar-refractivity contribution is -0.122. The fourth-order valence-electron chi connectivity index (χ4n) is 3.13. The zero-order valence-electron chi connectivity index (χ0n) is 17.4. The average Bonchev–Trinajstić information content (AvgIpc) is 3.25. The van der Waals surface area contributed by atoms with Crippen LogP contribution in [0.5, 0.6) is 11.5 Å². The summed E-state index contributed by atoms with van der Waals surface area (Å²) in [6, 6.07) is 11.3. The number of hydrogen-bond donors (Lipinski definition) is 1. The summed E-state index contributed by atoms with van der Waals surface area (Å²) in [5, 5.41) is 10.9. The van der Waals surface area contributed by atoms with Gasteiger partial charge in [0.2, 0.25) is 5.13 Å². The molecular formula is C20H20N4O5S3. The monoisotopic (exact) mass is 492 g/mol. The molecule has 0 spiro atoms. The third-order valence-electron chi connectivity index (χ3n) is 4.74. The molecule has 1 aromatic heterocycles. The van der Waals surface area contributed by atoms with Gasteiger partial charge >= 0.3 is 0 Å². The molecular weight excluding hydrogens is 472 g/mol. The van der Waals surface area contributed by atoms with Gasteiger partial charge in [-0.2, -0.15) is 0 Å². The summed E-state index contributed by atoms with van der Waals surface area (Å²) in [5.41, 5.74) is 1.25. The van der Waals surface area contributed by atoms with Gasteiger partial charge in [0.15, 0.2) is 10.4 Å². The standard InChI is InChI=1S/C20H20N4O5S3/c1-12-4-9-15-16(10-12)29-17(18(25)21-19-22-23-20(30-3)31-19)11-24(15)32(26,27)14-7-5-13(28-2)6-8-14/h4-10,17H,11H2,1-3H3,(H,21,22,25)/t17-/m0/s1. The highest BCUT2D eigenvalue weighted by Gasteiger charge is 2.38. The number of thioether (sulfide) groups is 1. The van der Waals surface area contributed by atoms with E-state index >= 15 is 0 Å². The van der Waals surface area contributed by atoms with Crippen molar-refractivity contribution >= 4 is 49.8 Å². The Labute approximate surface area is 193 Å². The number of fused-ring (bicyclic) bond motifs is 1. The number of carbonyl (C=O) groups excluding carboxylic acids is 1. The van der Waals surface area contributed by atoms with E-state index in [0.717, 1.165) is 5.56 Å². The molecule has 3 aromatic rings. The molecule has 32 heavy (non-hydrogen) atoms. The molecule has 2 heterocycles. The van der Waals surface area contributed by atoms with Crippen molar-refractivity contribution in [2.24, 2.45) is 0 Å². The lowest BCUT2D eigenvalue weighted by Gasteiger charge is -2.34. The Hall–Kier alpha value is -2.83. The number of amides is 1. The first-order valence-electron chi connectivity index (χ1n) is 9.44. The molecule has 0 saturated heterocycles. The highest BCUT2D eigenvalue weighted by Crippen LogP contribution is 2.38. The van der Waals surface area contributed by atoms with Crippen LogP contribution in [0.25, 0.3) is 0 Å². The van der Waals surface area contributed by atoms with Crippen LogP contribution < -0.4 is 19.1 Å². The molecule has 1 atom stereocenters. The van der Waals surface area contributed by atoms with Gasteiger partial charge in [0.05, 0.1) is 24.2 Å². The van der Waals surface area contributed by atoms with Crippen molar-refractivity contribution in [2.45, 2.75) is 22.3 Å². The predicted molar refractivity (Wildman–Crippen MR) is 123 cm³/mol. The highest BCUT2D eigenvalue weighted by atomic mass is 32.2. The van der Waals surface area contributed by atoms with E-state index < -0.39 is 22.0 Å². The summed E-state index contributed by atoms with van der Waals surface area (Å²) >= 11 is 2.64. The van der Waals surface area contributed by atoms with E-state index in [0.29, 0.717) is 26.7 Å². The number of benzene rings is 2. The normalized spacial score (nSPS) is 15.6. The van der Waals surface area contributed by atoms with Gasteiger partial charge in [-0.3, -0.25) is 14.4 Å². The van der Waals surface area contributed by atoms with Crippen molar-refractivity contribution in [1.29, 1.82) is 0 Å². The molecule has 0 fully saturated rings. The summed E-state index contributed by atoms with van der Waals surface area (Å²) in [7, 11) is -2.46. The Morgan fingerprint density at radius 1 is 1.25 bits per heavy atom. The number of ether oxygens (including phenoxy) is 2. The lowest BCUT2D eigenvalue weighted by atomic mass is 10.1. The van der Waals surface area contributed by atoms with Crippen molar-refractivity contribution in [3.8, 4) is 11.5 Å². The summed E-state index contributed by atoms with van der Waals surface area (Å²) in [6.45, 7) is 1.67. The molecule has 0 radical (unpaired) electrons. The minimum atomic E-state index is -3.96. The van der Waals surface area contributed by atoms with Gasteiger partial charge in [-0.1, -0.05) is 29.2 Å². The SMILES string of the molecule is COc1ccc(S(=O)(=O)N2C[C@@H](C(=O)Nc3nnc(SC)s3)Oc3cc(C)ccc32)cc1. The Morgan fingerprint density at radius 2 is 2.00 bits per heavy atom. The highest BCUT2D eigenvalue weighted by molar-refractivity contribution is 8.00. The van der Waals surface area contributed by atoms with Gasteiger partial charge in [-0.25, -0.2) is 8.42 Å². The number of aromatic nitrogens is 2. The first-order valence-corrected chi connectivity index (χ1v) is 12.9. The maximum Gasteiger partial charge on any atom is 0.269 e. The number of aryl methyl sites for hydroxylation is 1. The number of carbonyl (C=O) groups is 1. The third-order valence-corrected chi connectivity index (χ3v) is 8.34. The van der Waals surface area contributed by atoms with Gasteiger partial charge in [-0.15, -0.1) is 10.2 Å². The van der Waals surface area contributed by atoms with Gasteiger partial charge in [-0.05, 0) is 55.1 Å². The maximum atomic E-state index is 13.5. The zero-order chi connectivity index (χ0) is 22.9. The molecule has 1 amide bonds. The molecule has 0 aliphatic carbocycles. The minimum Gasteiger partial charge on any atom is -0.497 e. The Morgan fingerprint density at radius 3 is 2.66 bits per heavy atom. The van der Waals surface area contributed by atoms with Crippen molar-refractivity contribution in [3.63, 3.8) is 0 Å². The van der Waals surface area contributed by atoms with E-state index in [1.807, 2.05) is 13.2 Å². The molecule has 1 aliphatic heterocycles. The Balaban J connectivity index is 1.67. The van der Waals surface area contributed by atoms with Crippen molar-refractivity contribution in [2.75, 3.05) is 29.5 Å². The van der Waals surface area contributed by atoms with Crippen LogP contribution in [-0.2, 0) is 14.8 Å². The number of methoxy groups -OCH3 is 1. The van der Waals surface area contributed by atoms with E-state index in [-0.39, 0.29) is 11.4 Å². The Kier molecular flexibility index (Phi) is 6.26. The van der Waals surface area contributed by atoms with Crippen LogP contribution in [0.2, 0.25) is 0 Å². The number of hydrogen-bond acceptors (Lipinski definition) is 9. The first-order chi connectivity index (χ1) is 15.3. The maximum absolute atomic E-state index is 13.5. The molecule has 0 saturated carbocycles. The fraction of sp³-hybridized carbons (Fsp3) is 0.250. The predicted octanol–water partition coefficient (Wildman–Crippen LogP) is 3.17. The minimum absolute atomic E-state index is 0.0830. The summed E-state index contributed by atoms with van der Waals surface area (Å²) < 4.78 is 39.9. The van der Waals surface area contributed by atoms with Crippen LogP contribution in [0, 0.1) is 6.92 Å². The van der Waals surface area contributed by atoms with Crippen molar-refractivity contribution in [3.05, 3.63) is 48.0 Å². The topological polar surface area (TPSA) is 111 Å². The molecule has 4 rings (SSSR count). The lowest BCUT2D eigenvalue weighted by Crippen LogP contribution is -2.48. The van der Waals surface area contributed by atoms with Crippen LogP contribution in [-0.4, -0.2) is 50.5 Å². The number of anilines is 2. The second-order valence-corrected chi connectivity index (χ2v) is 10.7. The molecule has 0 unspecified atom stereocenters. The van der Waals surface area contributed by atoms with E-state index in [1.165, 1.54) is 46.6 Å². The Bertz CT molecular complexity index is 1240. The van der Waals surface area contributed by atoms with Crippen LogP contribution in [0.4, 0.5) is 10.8 Å². The number of nitrogens with zero attached hydrogens (tertiary/aromatic N) is 3. The van der Waals surface area contributed by atoms with Crippen molar-refractivity contribution < 1.29 is 22.7 Å². The van der Waals surface area contributed by atoms with E-state index in [4.69, 9.17) is 9.47 Å². The van der Waals surface area contributed by atoms with Crippen LogP contribution in [0.1, 0.15) is 5.56 Å². The van der Waals surface area contributed by atoms with Crippen LogP contribution >= 0.6 is 23.1 Å². The molecule has 168 valence electrons. The molecule has 12 heteroatoms. The molecule has 0 bridgehead atoms. The second kappa shape index (κ2) is 8.96. The zero-order valence-corrected chi connectivity index (χ0v) is 19.9. The van der Waals surface area contributed by atoms with Gasteiger partial charge in [0.1, 0.15) is 11.5 Å². The number of sulfonamides is 1. The summed E-state index contributed by atoms with van der Waals surface area (Å²) in [6.07, 6.45) is 0.788. The van der Waals surface area contributed by atoms with Crippen LogP contribution in [0.15, 0.2) is 51.7 Å². The average molecular weight is 493 g/mol. The number of nitrogens with one attached hydrogen (secondary N) is 1. The number of rotatable bonds is 6. The molecule has 1 N–H and O–H groups in total. The quantitative estimate of drug-likeness (QED) is 0.413. The fourth-order valence-corrected chi connectivity index (χ4v) is 5.78. The van der Waals surface area contributed by atoms with E-state index in [9.17, 15) is 13.2 Å². The van der Waals surface area contributed by atoms with E-state index in [2.05, 4.69) is 15.5 Å². The summed E-state index contributed by atoms with van der Waals surface area (Å²) in [4.78, 5) is 13.0. The molecule has 9 nitrogen and oxygen atoms in total. The largest absolute Gasteiger partial charge is 0.497 e. The third kappa shape index (κ3) is 4.38. The van der Waals surface area contributed by atoms with Gasteiger partial charge in [0, 0.05) is 0 Å². The summed E-state index contributed by atoms with van der Waals surface area (Å²) in [5.74, 6) is 0.354. The molecule has 1 aliphatic rings. The van der Waals surface area contributed by atoms with Crippen LogP contribution in [0.3, 0.4) is 0 Å². The first kappa shape index (κ1) is 22.4.